The number of hydrogen-bond donors (Lipinski definition) is 2. The number of carbonyl (C=O) groups excluding carboxylic acids is 2. The molecule has 0 radical (unpaired) electrons. The van der Waals surface area contributed by atoms with Gasteiger partial charge in [0, 0.05) is 0 Å². The number of rotatable bonds is 15. The summed E-state index contributed by atoms with van der Waals surface area (Å²) in [6, 6.07) is 30.3. The summed E-state index contributed by atoms with van der Waals surface area (Å²) in [5.74, 6) is 1.27. The van der Waals surface area contributed by atoms with Crippen molar-refractivity contribution in [1.29, 1.82) is 0 Å². The van der Waals surface area contributed by atoms with E-state index in [1.54, 1.807) is 0 Å². The van der Waals surface area contributed by atoms with E-state index in [4.69, 9.17) is 17.0 Å². The van der Waals surface area contributed by atoms with Crippen LogP contribution in [0.4, 0.5) is 0 Å². The number of halogens is 2. The molecule has 2 aliphatic carbocycles. The fourth-order valence-electron chi connectivity index (χ4n) is 9.49. The molecule has 2 unspecified atom stereocenters. The van der Waals surface area contributed by atoms with E-state index in [0.29, 0.717) is 36.5 Å². The molecule has 4 aromatic rings. The molecule has 2 aliphatic rings. The van der Waals surface area contributed by atoms with Crippen molar-refractivity contribution in [3.05, 3.63) is 129 Å². The van der Waals surface area contributed by atoms with E-state index in [2.05, 4.69) is 163 Å². The van der Waals surface area contributed by atoms with Gasteiger partial charge in [0.1, 0.15) is 0 Å². The molecule has 4 nitrogen and oxygen atoms in total. The molecule has 6 rings (SSSR count). The van der Waals surface area contributed by atoms with E-state index < -0.39 is 27.9 Å². The first-order valence-corrected chi connectivity index (χ1v) is 30.1. The molecule has 0 aliphatic heterocycles. The first kappa shape index (κ1) is 40.5. The zero-order valence-electron chi connectivity index (χ0n) is 32.9. The topological polar surface area (TPSA) is 58.2 Å². The summed E-state index contributed by atoms with van der Waals surface area (Å²) in [7, 11) is 17.5. The van der Waals surface area contributed by atoms with Crippen LogP contribution in [0, 0.1) is 11.8 Å². The van der Waals surface area contributed by atoms with Crippen LogP contribution in [-0.2, 0) is 25.8 Å². The first-order valence-electron chi connectivity index (χ1n) is 19.5. The molecule has 2 N–H and O–H groups in total. The molecule has 0 heterocycles. The summed E-state index contributed by atoms with van der Waals surface area (Å²) in [6.45, 7) is 17.8. The zero-order valence-corrected chi connectivity index (χ0v) is 36.9. The zero-order chi connectivity index (χ0) is 39.0. The molecular formula is C46H54BCl2N2O2Zr. The Hall–Kier alpha value is -3.17. The number of carbonyl (C=O) groups is 2. The van der Waals surface area contributed by atoms with Crippen molar-refractivity contribution < 1.29 is 25.8 Å². The molecule has 0 fully saturated rings. The third-order valence-electron chi connectivity index (χ3n) is 11.5. The Kier molecular flexibility index (Phi) is 12.1. The van der Waals surface area contributed by atoms with Crippen molar-refractivity contribution in [2.45, 2.75) is 87.3 Å². The molecule has 54 heavy (non-hydrogen) atoms. The van der Waals surface area contributed by atoms with Crippen molar-refractivity contribution in [1.82, 2.24) is 10.5 Å². The predicted octanol–water partition coefficient (Wildman–Crippen LogP) is 12.4. The molecule has 0 aromatic heterocycles. The Labute approximate surface area is 331 Å². The van der Waals surface area contributed by atoms with Gasteiger partial charge in [-0.25, -0.2) is 0 Å². The third kappa shape index (κ3) is 7.17. The average molecular weight is 840 g/mol. The normalized spacial score (nSPS) is 17.2. The number of nitrogens with one attached hydrogen (secondary N) is 2. The Morgan fingerprint density at radius 3 is 1.30 bits per heavy atom. The van der Waals surface area contributed by atoms with Crippen LogP contribution >= 0.6 is 17.0 Å². The van der Waals surface area contributed by atoms with Crippen LogP contribution in [0.5, 0.6) is 0 Å². The SMILES string of the molecule is CC(C)CC1=Cc2c(-c3ccccc3C(C)C)cccc2[CH]1[Zr]([Cl])([Cl])([B](NC=O)NC=O)[CH]1C(CC(C)C)=Cc2c(-c3ccccc3C(C)C)cccc21. The summed E-state index contributed by atoms with van der Waals surface area (Å²) in [6.07, 6.45) is 7.50. The number of fused-ring (bicyclic) bond motifs is 2. The van der Waals surface area contributed by atoms with Gasteiger partial charge in [0.15, 0.2) is 0 Å². The maximum absolute atomic E-state index is 12.6. The molecule has 0 saturated carbocycles. The molecule has 2 amide bonds. The molecule has 2 atom stereocenters. The van der Waals surface area contributed by atoms with E-state index in [9.17, 15) is 9.59 Å². The van der Waals surface area contributed by atoms with Crippen LogP contribution in [0.25, 0.3) is 34.4 Å². The monoisotopic (exact) mass is 837 g/mol. The van der Waals surface area contributed by atoms with Crippen LogP contribution < -0.4 is 10.5 Å². The van der Waals surface area contributed by atoms with Crippen LogP contribution in [0.2, 0.25) is 0 Å². The fraction of sp³-hybridized carbons (Fsp3) is 0.348. The van der Waals surface area contributed by atoms with Gasteiger partial charge in [0.2, 0.25) is 0 Å². The average Bonchev–Trinajstić information content (AvgIpc) is 3.70. The van der Waals surface area contributed by atoms with Gasteiger partial charge in [-0.2, -0.15) is 0 Å². The van der Waals surface area contributed by atoms with Crippen molar-refractivity contribution in [2.75, 3.05) is 0 Å². The Bertz CT molecular complexity index is 1980. The summed E-state index contributed by atoms with van der Waals surface area (Å²) < 4.78 is -1.76. The quantitative estimate of drug-likeness (QED) is 0.0925. The van der Waals surface area contributed by atoms with Crippen LogP contribution in [0.15, 0.2) is 96.1 Å². The summed E-state index contributed by atoms with van der Waals surface area (Å²) in [4.78, 5) is 25.2. The fourth-order valence-corrected chi connectivity index (χ4v) is 30.1. The summed E-state index contributed by atoms with van der Waals surface area (Å²) in [5.41, 5.74) is 13.9. The molecular weight excluding hydrogens is 785 g/mol. The third-order valence-corrected chi connectivity index (χ3v) is 31.5. The van der Waals surface area contributed by atoms with Gasteiger partial charge in [0.25, 0.3) is 0 Å². The van der Waals surface area contributed by atoms with E-state index in [1.165, 1.54) is 22.3 Å². The van der Waals surface area contributed by atoms with Crippen molar-refractivity contribution in [2.24, 2.45) is 11.8 Å². The number of benzene rings is 4. The second-order valence-corrected chi connectivity index (χ2v) is 38.2. The second-order valence-electron chi connectivity index (χ2n) is 16.8. The van der Waals surface area contributed by atoms with Gasteiger partial charge in [-0.3, -0.25) is 0 Å². The van der Waals surface area contributed by atoms with Crippen molar-refractivity contribution >= 4 is 46.5 Å². The van der Waals surface area contributed by atoms with Gasteiger partial charge in [-0.15, -0.1) is 0 Å². The van der Waals surface area contributed by atoms with Crippen molar-refractivity contribution in [3.63, 3.8) is 0 Å². The van der Waals surface area contributed by atoms with E-state index in [-0.39, 0.29) is 0 Å². The van der Waals surface area contributed by atoms with E-state index in [0.717, 1.165) is 57.4 Å². The Balaban J connectivity index is 1.70. The molecule has 0 bridgehead atoms. The van der Waals surface area contributed by atoms with Crippen molar-refractivity contribution in [3.8, 4) is 22.3 Å². The molecule has 281 valence electrons. The van der Waals surface area contributed by atoms with Crippen LogP contribution in [0.3, 0.4) is 0 Å². The molecule has 0 spiro atoms. The van der Waals surface area contributed by atoms with Gasteiger partial charge >= 0.3 is 334 Å². The molecule has 4 aromatic carbocycles. The van der Waals surface area contributed by atoms with Gasteiger partial charge < -0.3 is 0 Å². The van der Waals surface area contributed by atoms with E-state index >= 15 is 0 Å². The van der Waals surface area contributed by atoms with Crippen LogP contribution in [-0.4, -0.2) is 17.3 Å². The summed E-state index contributed by atoms with van der Waals surface area (Å²) in [5, 5.41) is 6.04. The van der Waals surface area contributed by atoms with Gasteiger partial charge in [-0.1, -0.05) is 0 Å². The summed E-state index contributed by atoms with van der Waals surface area (Å²) >= 11 is -5.93. The number of allylic oxidation sites excluding steroid dienone is 2. The first-order chi connectivity index (χ1) is 25.7. The molecule has 0 saturated heterocycles. The van der Waals surface area contributed by atoms with Crippen LogP contribution in [0.1, 0.15) is 121 Å². The Morgan fingerprint density at radius 1 is 0.574 bits per heavy atom. The predicted molar refractivity (Wildman–Crippen MR) is 228 cm³/mol. The number of amides is 2. The minimum atomic E-state index is -5.93. The maximum atomic E-state index is 12.6. The number of hydrogen-bond acceptors (Lipinski definition) is 2. The Morgan fingerprint density at radius 2 is 0.944 bits per heavy atom. The van der Waals surface area contributed by atoms with Gasteiger partial charge in [-0.05, 0) is 0 Å². The standard InChI is InChI=1S/2C22H25.C2H3BN2O2.2ClH.Zr/c2*1-15(2)12-17-13-18-8-7-11-21(22(18)14-17)20-10-6-5-9-19(20)16(3)4;6-1-4-3-5-2-7;;;/h2*5-11,13-16H,12H2,1-4H3;1-2H,(H-,4,5,6,7);2*1H;/q;;;;;+1/p-1. The van der Waals surface area contributed by atoms with Gasteiger partial charge in [0.05, 0.1) is 0 Å². The van der Waals surface area contributed by atoms with E-state index in [1.807, 2.05) is 0 Å². The minimum absolute atomic E-state index is 0.309. The second kappa shape index (κ2) is 16.1. The molecule has 8 heteroatoms.